The van der Waals surface area contributed by atoms with Crippen molar-refractivity contribution in [2.75, 3.05) is 7.11 Å². The summed E-state index contributed by atoms with van der Waals surface area (Å²) in [5.74, 6) is 1.64. The van der Waals surface area contributed by atoms with E-state index in [-0.39, 0.29) is 6.04 Å². The van der Waals surface area contributed by atoms with E-state index in [0.717, 1.165) is 34.4 Å². The average Bonchev–Trinajstić information content (AvgIpc) is 2.91. The minimum atomic E-state index is 0.147. The van der Waals surface area contributed by atoms with Gasteiger partial charge in [-0.3, -0.25) is 0 Å². The number of hydrogen-bond acceptors (Lipinski definition) is 4. The van der Waals surface area contributed by atoms with Crippen LogP contribution in [0.25, 0.3) is 0 Å². The zero-order valence-corrected chi connectivity index (χ0v) is 14.7. The topological polar surface area (TPSA) is 44.5 Å². The van der Waals surface area contributed by atoms with Crippen molar-refractivity contribution >= 4 is 27.3 Å². The summed E-state index contributed by atoms with van der Waals surface area (Å²) in [6, 6.07) is 8.09. The number of rotatable bonds is 7. The van der Waals surface area contributed by atoms with E-state index in [1.807, 2.05) is 29.6 Å². The number of methoxy groups -OCH3 is 1. The second-order valence-electron chi connectivity index (χ2n) is 4.83. The predicted octanol–water partition coefficient (Wildman–Crippen LogP) is 4.38. The molecule has 0 aliphatic heterocycles. The minimum absolute atomic E-state index is 0.147. The summed E-state index contributed by atoms with van der Waals surface area (Å²) in [7, 11) is 1.66. The molecule has 3 nitrogen and oxygen atoms in total. The van der Waals surface area contributed by atoms with Crippen molar-refractivity contribution < 1.29 is 9.47 Å². The fraction of sp³-hybridized carbons (Fsp3) is 0.375. The third kappa shape index (κ3) is 4.46. The highest BCUT2D eigenvalue weighted by molar-refractivity contribution is 9.10. The fourth-order valence-electron chi connectivity index (χ4n) is 1.96. The molecule has 0 amide bonds. The van der Waals surface area contributed by atoms with Gasteiger partial charge in [0, 0.05) is 16.6 Å². The molecular weight excluding hydrogens is 350 g/mol. The largest absolute Gasteiger partial charge is 0.497 e. The second-order valence-corrected chi connectivity index (χ2v) is 6.68. The van der Waals surface area contributed by atoms with E-state index in [0.29, 0.717) is 6.61 Å². The Labute approximate surface area is 138 Å². The smallest absolute Gasteiger partial charge is 0.126 e. The maximum atomic E-state index is 6.07. The standard InChI is InChI=1S/C16H20BrNO2S/c1-3-12(18)8-11-4-5-13(19-2)9-15(11)20-10-16-14(17)6-7-21-16/h4-7,9,12H,3,8,10,18H2,1-2H3. The number of hydrogen-bond donors (Lipinski definition) is 1. The summed E-state index contributed by atoms with van der Waals surface area (Å²) >= 11 is 5.20. The van der Waals surface area contributed by atoms with Crippen LogP contribution in [0, 0.1) is 0 Å². The first-order chi connectivity index (χ1) is 10.1. The van der Waals surface area contributed by atoms with Gasteiger partial charge in [-0.15, -0.1) is 11.3 Å². The lowest BCUT2D eigenvalue weighted by atomic mass is 10.0. The summed E-state index contributed by atoms with van der Waals surface area (Å²) < 4.78 is 12.4. The number of nitrogens with two attached hydrogens (primary N) is 1. The zero-order valence-electron chi connectivity index (χ0n) is 12.3. The van der Waals surface area contributed by atoms with E-state index in [2.05, 4.69) is 22.9 Å². The molecule has 0 aliphatic rings. The monoisotopic (exact) mass is 369 g/mol. The van der Waals surface area contributed by atoms with Gasteiger partial charge in [0.05, 0.1) is 12.0 Å². The molecule has 0 radical (unpaired) electrons. The Morgan fingerprint density at radius 1 is 1.33 bits per heavy atom. The van der Waals surface area contributed by atoms with Crippen molar-refractivity contribution in [3.63, 3.8) is 0 Å². The Kier molecular flexibility index (Phi) is 6.08. The van der Waals surface area contributed by atoms with Gasteiger partial charge in [-0.1, -0.05) is 13.0 Å². The van der Waals surface area contributed by atoms with Gasteiger partial charge < -0.3 is 15.2 Å². The average molecular weight is 370 g/mol. The summed E-state index contributed by atoms with van der Waals surface area (Å²) in [5, 5.41) is 2.04. The molecule has 5 heteroatoms. The Hall–Kier alpha value is -1.04. The molecule has 0 fully saturated rings. The number of ether oxygens (including phenoxy) is 2. The minimum Gasteiger partial charge on any atom is -0.497 e. The maximum Gasteiger partial charge on any atom is 0.126 e. The zero-order chi connectivity index (χ0) is 15.2. The molecule has 2 N–H and O–H groups in total. The molecule has 0 aliphatic carbocycles. The van der Waals surface area contributed by atoms with E-state index in [1.165, 1.54) is 4.88 Å². The number of thiophene rings is 1. The van der Waals surface area contributed by atoms with Crippen LogP contribution >= 0.6 is 27.3 Å². The SMILES string of the molecule is CCC(N)Cc1ccc(OC)cc1OCc1sccc1Br. The van der Waals surface area contributed by atoms with E-state index < -0.39 is 0 Å². The van der Waals surface area contributed by atoms with Gasteiger partial charge >= 0.3 is 0 Å². The number of halogens is 1. The molecule has 0 bridgehead atoms. The lowest BCUT2D eigenvalue weighted by Crippen LogP contribution is -2.21. The van der Waals surface area contributed by atoms with Crippen LogP contribution in [0.4, 0.5) is 0 Å². The lowest BCUT2D eigenvalue weighted by Gasteiger charge is -2.15. The lowest BCUT2D eigenvalue weighted by molar-refractivity contribution is 0.302. The van der Waals surface area contributed by atoms with Crippen LogP contribution < -0.4 is 15.2 Å². The highest BCUT2D eigenvalue weighted by Crippen LogP contribution is 2.29. The van der Waals surface area contributed by atoms with Gasteiger partial charge in [-0.25, -0.2) is 0 Å². The van der Waals surface area contributed by atoms with Crippen LogP contribution in [0.1, 0.15) is 23.8 Å². The summed E-state index contributed by atoms with van der Waals surface area (Å²) in [6.07, 6.45) is 1.75. The van der Waals surface area contributed by atoms with E-state index in [4.69, 9.17) is 15.2 Å². The van der Waals surface area contributed by atoms with Crippen molar-refractivity contribution in [2.24, 2.45) is 5.73 Å². The van der Waals surface area contributed by atoms with Gasteiger partial charge in [0.15, 0.2) is 0 Å². The second kappa shape index (κ2) is 7.82. The van der Waals surface area contributed by atoms with E-state index in [9.17, 15) is 0 Å². The summed E-state index contributed by atoms with van der Waals surface area (Å²) in [4.78, 5) is 1.17. The Bertz CT molecular complexity index is 585. The first kappa shape index (κ1) is 16.3. The third-order valence-electron chi connectivity index (χ3n) is 3.33. The summed E-state index contributed by atoms with van der Waals surface area (Å²) in [6.45, 7) is 2.64. The molecule has 2 aromatic rings. The molecule has 1 atom stereocenters. The molecule has 21 heavy (non-hydrogen) atoms. The molecule has 0 spiro atoms. The van der Waals surface area contributed by atoms with Gasteiger partial charge in [-0.05, 0) is 51.8 Å². The van der Waals surface area contributed by atoms with E-state index >= 15 is 0 Å². The third-order valence-corrected chi connectivity index (χ3v) is 5.23. The fourth-order valence-corrected chi connectivity index (χ4v) is 3.34. The molecule has 2 rings (SSSR count). The quantitative estimate of drug-likeness (QED) is 0.787. The first-order valence-electron chi connectivity index (χ1n) is 6.91. The molecule has 1 aromatic heterocycles. The normalized spacial score (nSPS) is 12.2. The molecule has 0 saturated heterocycles. The van der Waals surface area contributed by atoms with Crippen molar-refractivity contribution in [3.8, 4) is 11.5 Å². The van der Waals surface area contributed by atoms with Crippen LogP contribution in [0.5, 0.6) is 11.5 Å². The van der Waals surface area contributed by atoms with Gasteiger partial charge in [-0.2, -0.15) is 0 Å². The first-order valence-corrected chi connectivity index (χ1v) is 8.58. The van der Waals surface area contributed by atoms with Crippen LogP contribution in [0.2, 0.25) is 0 Å². The highest BCUT2D eigenvalue weighted by Gasteiger charge is 2.11. The highest BCUT2D eigenvalue weighted by atomic mass is 79.9. The maximum absolute atomic E-state index is 6.07. The molecule has 1 aromatic carbocycles. The molecule has 114 valence electrons. The Morgan fingerprint density at radius 3 is 2.76 bits per heavy atom. The van der Waals surface area contributed by atoms with Gasteiger partial charge in [0.2, 0.25) is 0 Å². The van der Waals surface area contributed by atoms with E-state index in [1.54, 1.807) is 18.4 Å². The van der Waals surface area contributed by atoms with Crippen LogP contribution in [0.15, 0.2) is 34.1 Å². The molecule has 0 saturated carbocycles. The van der Waals surface area contributed by atoms with Crippen LogP contribution in [-0.2, 0) is 13.0 Å². The van der Waals surface area contributed by atoms with Crippen molar-refractivity contribution in [3.05, 3.63) is 44.6 Å². The van der Waals surface area contributed by atoms with Gasteiger partial charge in [0.1, 0.15) is 18.1 Å². The molecule has 1 unspecified atom stereocenters. The Balaban J connectivity index is 2.16. The van der Waals surface area contributed by atoms with Crippen LogP contribution in [-0.4, -0.2) is 13.2 Å². The summed E-state index contributed by atoms with van der Waals surface area (Å²) in [5.41, 5.74) is 7.19. The Morgan fingerprint density at radius 2 is 2.14 bits per heavy atom. The van der Waals surface area contributed by atoms with Crippen LogP contribution in [0.3, 0.4) is 0 Å². The van der Waals surface area contributed by atoms with Gasteiger partial charge in [0.25, 0.3) is 0 Å². The van der Waals surface area contributed by atoms with Crippen molar-refractivity contribution in [1.82, 2.24) is 0 Å². The van der Waals surface area contributed by atoms with Crippen molar-refractivity contribution in [2.45, 2.75) is 32.4 Å². The van der Waals surface area contributed by atoms with Crippen molar-refractivity contribution in [1.29, 1.82) is 0 Å². The molecular formula is C16H20BrNO2S. The number of benzene rings is 1. The molecule has 1 heterocycles. The predicted molar refractivity (Wildman–Crippen MR) is 91.3 cm³/mol.